The van der Waals surface area contributed by atoms with Crippen LogP contribution in [0.3, 0.4) is 0 Å². The molecule has 8 nitrogen and oxygen atoms in total. The number of aryl methyl sites for hydroxylation is 1. The van der Waals surface area contributed by atoms with Crippen molar-refractivity contribution in [2.45, 2.75) is 19.9 Å². The Morgan fingerprint density at radius 3 is 2.55 bits per heavy atom. The molecule has 0 unspecified atom stereocenters. The number of anilines is 1. The lowest BCUT2D eigenvalue weighted by Crippen LogP contribution is -2.40. The summed E-state index contributed by atoms with van der Waals surface area (Å²) in [4.78, 5) is 32.4. The van der Waals surface area contributed by atoms with Crippen LogP contribution in [0.25, 0.3) is 0 Å². The maximum Gasteiger partial charge on any atom is 0.325 e. The van der Waals surface area contributed by atoms with E-state index in [4.69, 9.17) is 5.11 Å². The van der Waals surface area contributed by atoms with Crippen LogP contribution in [0.2, 0.25) is 0 Å². The fourth-order valence-electron chi connectivity index (χ4n) is 1.37. The number of nitro groups is 1. The second kappa shape index (κ2) is 6.33. The van der Waals surface area contributed by atoms with E-state index in [0.29, 0.717) is 10.0 Å². The first-order valence-corrected chi connectivity index (χ1v) is 6.26. The van der Waals surface area contributed by atoms with Crippen LogP contribution in [-0.2, 0) is 4.79 Å². The number of amides is 2. The summed E-state index contributed by atoms with van der Waals surface area (Å²) in [7, 11) is 0. The molecule has 1 aromatic carbocycles. The zero-order valence-electron chi connectivity index (χ0n) is 10.6. The maximum atomic E-state index is 11.6. The number of carbonyl (C=O) groups excluding carboxylic acids is 1. The van der Waals surface area contributed by atoms with Crippen molar-refractivity contribution in [1.82, 2.24) is 5.32 Å². The molecule has 1 aromatic rings. The van der Waals surface area contributed by atoms with E-state index in [-0.39, 0.29) is 11.4 Å². The molecule has 2 amide bonds. The minimum absolute atomic E-state index is 0.144. The van der Waals surface area contributed by atoms with E-state index in [0.717, 1.165) is 0 Å². The van der Waals surface area contributed by atoms with Crippen LogP contribution < -0.4 is 10.6 Å². The van der Waals surface area contributed by atoms with Gasteiger partial charge in [0.25, 0.3) is 5.69 Å². The second-order valence-electron chi connectivity index (χ2n) is 4.03. The van der Waals surface area contributed by atoms with Gasteiger partial charge in [-0.15, -0.1) is 0 Å². The molecule has 0 aliphatic heterocycles. The normalized spacial score (nSPS) is 11.6. The Labute approximate surface area is 122 Å². The molecule has 3 N–H and O–H groups in total. The molecule has 0 aliphatic carbocycles. The Hall–Kier alpha value is -2.16. The molecule has 0 radical (unpaired) electrons. The number of carboxylic acid groups (broad SMARTS) is 1. The van der Waals surface area contributed by atoms with Gasteiger partial charge in [-0.05, 0) is 35.8 Å². The number of halogens is 1. The average molecular weight is 346 g/mol. The third-order valence-corrected chi connectivity index (χ3v) is 3.10. The van der Waals surface area contributed by atoms with Gasteiger partial charge in [-0.1, -0.05) is 0 Å². The Balaban J connectivity index is 2.92. The summed E-state index contributed by atoms with van der Waals surface area (Å²) in [5, 5.41) is 24.0. The number of nitrogens with zero attached hydrogens (tertiary/aromatic N) is 1. The summed E-state index contributed by atoms with van der Waals surface area (Å²) in [5.41, 5.74) is 0.471. The Morgan fingerprint density at radius 2 is 2.05 bits per heavy atom. The van der Waals surface area contributed by atoms with E-state index in [2.05, 4.69) is 26.6 Å². The number of carboxylic acids is 1. The largest absolute Gasteiger partial charge is 0.480 e. The van der Waals surface area contributed by atoms with Crippen molar-refractivity contribution in [2.24, 2.45) is 0 Å². The van der Waals surface area contributed by atoms with Crippen LogP contribution >= 0.6 is 15.9 Å². The molecule has 0 saturated heterocycles. The Kier molecular flexibility index (Phi) is 5.03. The summed E-state index contributed by atoms with van der Waals surface area (Å²) < 4.78 is 0.457. The second-order valence-corrected chi connectivity index (χ2v) is 4.89. The summed E-state index contributed by atoms with van der Waals surface area (Å²) in [6, 6.07) is 0.853. The number of nitro benzene ring substituents is 1. The molecule has 108 valence electrons. The molecule has 0 aromatic heterocycles. The third kappa shape index (κ3) is 3.92. The number of rotatable bonds is 4. The van der Waals surface area contributed by atoms with Crippen LogP contribution in [0, 0.1) is 17.0 Å². The lowest BCUT2D eigenvalue weighted by molar-refractivity contribution is -0.385. The fraction of sp³-hybridized carbons (Fsp3) is 0.273. The van der Waals surface area contributed by atoms with E-state index in [1.54, 1.807) is 6.92 Å². The molecule has 0 saturated carbocycles. The first kappa shape index (κ1) is 15.9. The molecular weight excluding hydrogens is 334 g/mol. The number of hydrogen-bond acceptors (Lipinski definition) is 4. The van der Waals surface area contributed by atoms with Crippen LogP contribution in [0.4, 0.5) is 16.2 Å². The highest BCUT2D eigenvalue weighted by Crippen LogP contribution is 2.30. The van der Waals surface area contributed by atoms with Crippen LogP contribution in [0.15, 0.2) is 16.6 Å². The predicted molar refractivity (Wildman–Crippen MR) is 74.8 cm³/mol. The number of urea groups is 1. The standard InChI is InChI=1S/C11H12BrN3O5/c1-5-3-7(12)8(4-9(5)15(19)20)14-11(18)13-6(2)10(16)17/h3-4,6H,1-2H3,(H,16,17)(H2,13,14,18)/t6-/m1/s1. The van der Waals surface area contributed by atoms with Crippen LogP contribution in [0.5, 0.6) is 0 Å². The summed E-state index contributed by atoms with van der Waals surface area (Å²) in [5.74, 6) is -1.19. The number of carbonyl (C=O) groups is 2. The highest BCUT2D eigenvalue weighted by molar-refractivity contribution is 9.10. The highest BCUT2D eigenvalue weighted by Gasteiger charge is 2.18. The zero-order chi connectivity index (χ0) is 15.4. The minimum atomic E-state index is -1.19. The van der Waals surface area contributed by atoms with E-state index < -0.39 is 23.0 Å². The van der Waals surface area contributed by atoms with Gasteiger partial charge in [0.15, 0.2) is 0 Å². The molecule has 0 heterocycles. The molecule has 0 spiro atoms. The van der Waals surface area contributed by atoms with E-state index in [1.165, 1.54) is 19.1 Å². The fourth-order valence-corrected chi connectivity index (χ4v) is 1.93. The molecule has 1 atom stereocenters. The molecule has 0 fully saturated rings. The predicted octanol–water partition coefficient (Wildman–Crippen LogP) is 2.26. The molecule has 1 rings (SSSR count). The topological polar surface area (TPSA) is 122 Å². The maximum absolute atomic E-state index is 11.6. The van der Waals surface area contributed by atoms with Crippen molar-refractivity contribution in [2.75, 3.05) is 5.32 Å². The summed E-state index contributed by atoms with van der Waals surface area (Å²) >= 11 is 3.17. The number of hydrogen-bond donors (Lipinski definition) is 3. The van der Waals surface area contributed by atoms with Crippen LogP contribution in [-0.4, -0.2) is 28.1 Å². The van der Waals surface area contributed by atoms with Gasteiger partial charge >= 0.3 is 12.0 Å². The molecule has 20 heavy (non-hydrogen) atoms. The Bertz CT molecular complexity index is 575. The zero-order valence-corrected chi connectivity index (χ0v) is 12.2. The highest BCUT2D eigenvalue weighted by atomic mass is 79.9. The van der Waals surface area contributed by atoms with Crippen molar-refractivity contribution in [3.8, 4) is 0 Å². The van der Waals surface area contributed by atoms with Gasteiger partial charge in [-0.3, -0.25) is 14.9 Å². The van der Waals surface area contributed by atoms with Crippen molar-refractivity contribution in [1.29, 1.82) is 0 Å². The first-order chi connectivity index (χ1) is 9.22. The SMILES string of the molecule is Cc1cc(Br)c(NC(=O)N[C@H](C)C(=O)O)cc1[N+](=O)[O-]. The van der Waals surface area contributed by atoms with E-state index in [9.17, 15) is 19.7 Å². The van der Waals surface area contributed by atoms with Gasteiger partial charge < -0.3 is 15.7 Å². The molecule has 0 aliphatic rings. The lowest BCUT2D eigenvalue weighted by Gasteiger charge is -2.12. The van der Waals surface area contributed by atoms with Crippen molar-refractivity contribution in [3.63, 3.8) is 0 Å². The third-order valence-electron chi connectivity index (χ3n) is 2.45. The van der Waals surface area contributed by atoms with Crippen molar-refractivity contribution in [3.05, 3.63) is 32.3 Å². The van der Waals surface area contributed by atoms with Gasteiger partial charge in [0.2, 0.25) is 0 Å². The average Bonchev–Trinajstić information content (AvgIpc) is 2.31. The number of benzene rings is 1. The number of nitrogens with one attached hydrogen (secondary N) is 2. The summed E-state index contributed by atoms with van der Waals surface area (Å²) in [6.07, 6.45) is 0. The smallest absolute Gasteiger partial charge is 0.325 e. The van der Waals surface area contributed by atoms with Gasteiger partial charge in [-0.25, -0.2) is 4.79 Å². The minimum Gasteiger partial charge on any atom is -0.480 e. The Morgan fingerprint density at radius 1 is 1.45 bits per heavy atom. The lowest BCUT2D eigenvalue weighted by atomic mass is 10.2. The number of aliphatic carboxylic acids is 1. The first-order valence-electron chi connectivity index (χ1n) is 5.47. The van der Waals surface area contributed by atoms with Crippen LogP contribution in [0.1, 0.15) is 12.5 Å². The van der Waals surface area contributed by atoms with Gasteiger partial charge in [-0.2, -0.15) is 0 Å². The molecule has 9 heteroatoms. The van der Waals surface area contributed by atoms with Gasteiger partial charge in [0, 0.05) is 16.1 Å². The van der Waals surface area contributed by atoms with E-state index in [1.807, 2.05) is 0 Å². The molecule has 0 bridgehead atoms. The van der Waals surface area contributed by atoms with E-state index >= 15 is 0 Å². The quantitative estimate of drug-likeness (QED) is 0.570. The van der Waals surface area contributed by atoms with Crippen molar-refractivity contribution >= 4 is 39.3 Å². The van der Waals surface area contributed by atoms with Gasteiger partial charge in [0.05, 0.1) is 10.6 Å². The van der Waals surface area contributed by atoms with Crippen molar-refractivity contribution < 1.29 is 19.6 Å². The molecular formula is C11H12BrN3O5. The summed E-state index contributed by atoms with van der Waals surface area (Å²) in [6.45, 7) is 2.87. The van der Waals surface area contributed by atoms with Gasteiger partial charge in [0.1, 0.15) is 6.04 Å². The monoisotopic (exact) mass is 345 g/mol.